The van der Waals surface area contributed by atoms with Gasteiger partial charge in [-0.1, -0.05) is 113 Å². The van der Waals surface area contributed by atoms with Crippen LogP contribution >= 0.6 is 0 Å². The fourth-order valence-corrected chi connectivity index (χ4v) is 4.78. The molecule has 1 rings (SSSR count). The van der Waals surface area contributed by atoms with Gasteiger partial charge in [-0.15, -0.1) is 0 Å². The Hall–Kier alpha value is 0.0649. The van der Waals surface area contributed by atoms with Crippen LogP contribution in [0.15, 0.2) is 0 Å². The molecule has 0 amide bonds. The normalized spacial score (nSPS) is 27.2. The molecule has 0 aromatic rings. The molecule has 0 N–H and O–H groups in total. The van der Waals surface area contributed by atoms with E-state index in [1.54, 1.807) is 0 Å². The summed E-state index contributed by atoms with van der Waals surface area (Å²) < 4.78 is 0. The van der Waals surface area contributed by atoms with Crippen molar-refractivity contribution in [1.82, 2.24) is 0 Å². The van der Waals surface area contributed by atoms with Gasteiger partial charge < -0.3 is 0 Å². The lowest BCUT2D eigenvalue weighted by Crippen LogP contribution is -2.41. The smallest absolute Gasteiger partial charge is 0.0708 e. The molecule has 25 heavy (non-hydrogen) atoms. The fourth-order valence-electron chi connectivity index (χ4n) is 4.78. The van der Waals surface area contributed by atoms with Crippen LogP contribution in [0.1, 0.15) is 114 Å². The molecule has 0 radical (unpaired) electrons. The summed E-state index contributed by atoms with van der Waals surface area (Å²) in [5.41, 5.74) is 1.48. The summed E-state index contributed by atoms with van der Waals surface area (Å²) in [5, 5.41) is 0.466. The van der Waals surface area contributed by atoms with Crippen LogP contribution in [0.5, 0.6) is 0 Å². The summed E-state index contributed by atoms with van der Waals surface area (Å²) >= 11 is 0. The molecule has 1 saturated carbocycles. The maximum atomic E-state index is 2.51. The van der Waals surface area contributed by atoms with Gasteiger partial charge >= 0.3 is 0 Å². The summed E-state index contributed by atoms with van der Waals surface area (Å²) in [6.07, 6.45) is 11.6. The second-order valence-corrected chi connectivity index (χ2v) is 12.8. The zero-order valence-corrected chi connectivity index (χ0v) is 19.5. The first-order valence-electron chi connectivity index (χ1n) is 11.2. The highest BCUT2D eigenvalue weighted by atomic mass is 14.5. The second-order valence-electron chi connectivity index (χ2n) is 12.8. The third-order valence-electron chi connectivity index (χ3n) is 7.62. The molecule has 1 heteroatoms. The maximum absolute atomic E-state index is 2.51. The molecule has 0 aliphatic heterocycles. The zero-order valence-electron chi connectivity index (χ0n) is 19.5. The van der Waals surface area contributed by atoms with Crippen molar-refractivity contribution >= 4 is 7.28 Å². The van der Waals surface area contributed by atoms with Crippen LogP contribution in [0.2, 0.25) is 11.6 Å². The minimum absolute atomic E-state index is 0.440. The van der Waals surface area contributed by atoms with Crippen LogP contribution < -0.4 is 0 Å². The summed E-state index contributed by atoms with van der Waals surface area (Å²) in [7, 11) is 1.37. The highest BCUT2D eigenvalue weighted by Crippen LogP contribution is 2.55. The van der Waals surface area contributed by atoms with Gasteiger partial charge in [0.05, 0.1) is 0 Å². The van der Waals surface area contributed by atoms with Crippen molar-refractivity contribution in [3.05, 3.63) is 0 Å². The van der Waals surface area contributed by atoms with Gasteiger partial charge in [0, 0.05) is 0 Å². The summed E-state index contributed by atoms with van der Waals surface area (Å²) in [6.45, 7) is 24.4. The average Bonchev–Trinajstić information content (AvgIpc) is 2.42. The zero-order chi connectivity index (χ0) is 19.5. The molecule has 1 aliphatic carbocycles. The molecule has 0 aromatic heterocycles. The Morgan fingerprint density at radius 3 is 2.08 bits per heavy atom. The van der Waals surface area contributed by atoms with E-state index in [2.05, 4.69) is 69.2 Å². The van der Waals surface area contributed by atoms with Crippen molar-refractivity contribution in [2.75, 3.05) is 0 Å². The van der Waals surface area contributed by atoms with Crippen LogP contribution in [-0.4, -0.2) is 7.28 Å². The van der Waals surface area contributed by atoms with Gasteiger partial charge in [-0.3, -0.25) is 0 Å². The van der Waals surface area contributed by atoms with Gasteiger partial charge in [-0.05, 0) is 40.9 Å². The lowest BCUT2D eigenvalue weighted by Gasteiger charge is -2.51. The summed E-state index contributed by atoms with van der Waals surface area (Å²) in [5.74, 6) is 1.81. The Morgan fingerprint density at radius 2 is 1.60 bits per heavy atom. The van der Waals surface area contributed by atoms with E-state index in [-0.39, 0.29) is 0 Å². The first-order chi connectivity index (χ1) is 11.2. The minimum Gasteiger partial charge on any atom is -0.0708 e. The van der Waals surface area contributed by atoms with Gasteiger partial charge in [-0.25, -0.2) is 0 Å². The standard InChI is InChI=1S/C24H49B/c1-19(21(2,3)4)13-11-14-20-15-12-16-24(17-20,22(5,6)7)18-25-23(8,9)10/h19-20,25H,11-18H2,1-10H3. The van der Waals surface area contributed by atoms with Gasteiger partial charge in [0.2, 0.25) is 0 Å². The van der Waals surface area contributed by atoms with Crippen molar-refractivity contribution in [2.45, 2.75) is 126 Å². The Labute approximate surface area is 161 Å². The van der Waals surface area contributed by atoms with Crippen molar-refractivity contribution < 1.29 is 0 Å². The first kappa shape index (κ1) is 23.1. The molecule has 0 nitrogen and oxygen atoms in total. The quantitative estimate of drug-likeness (QED) is 0.425. The van der Waals surface area contributed by atoms with Crippen molar-refractivity contribution in [3.8, 4) is 0 Å². The monoisotopic (exact) mass is 348 g/mol. The molecule has 148 valence electrons. The molecule has 1 aliphatic rings. The molecule has 0 aromatic carbocycles. The third-order valence-corrected chi connectivity index (χ3v) is 7.62. The maximum Gasteiger partial charge on any atom is 0.127 e. The highest BCUT2D eigenvalue weighted by molar-refractivity contribution is 6.39. The van der Waals surface area contributed by atoms with E-state index in [0.717, 1.165) is 11.8 Å². The van der Waals surface area contributed by atoms with Crippen molar-refractivity contribution in [1.29, 1.82) is 0 Å². The van der Waals surface area contributed by atoms with E-state index in [1.807, 2.05) is 0 Å². The Kier molecular flexibility index (Phi) is 7.75. The predicted octanol–water partition coefficient (Wildman–Crippen LogP) is 8.13. The van der Waals surface area contributed by atoms with Crippen LogP contribution in [0.25, 0.3) is 0 Å². The molecule has 0 spiro atoms. The van der Waals surface area contributed by atoms with Gasteiger partial charge in [0.1, 0.15) is 7.28 Å². The van der Waals surface area contributed by atoms with E-state index in [0.29, 0.717) is 21.6 Å². The molecular weight excluding hydrogens is 299 g/mol. The first-order valence-corrected chi connectivity index (χ1v) is 11.2. The van der Waals surface area contributed by atoms with Gasteiger partial charge in [0.25, 0.3) is 0 Å². The summed E-state index contributed by atoms with van der Waals surface area (Å²) in [6, 6.07) is 0. The van der Waals surface area contributed by atoms with Crippen molar-refractivity contribution in [2.24, 2.45) is 28.1 Å². The topological polar surface area (TPSA) is 0 Å². The Morgan fingerprint density at radius 1 is 1.00 bits per heavy atom. The lowest BCUT2D eigenvalue weighted by molar-refractivity contribution is 0.0291. The Bertz CT molecular complexity index is 390. The van der Waals surface area contributed by atoms with E-state index >= 15 is 0 Å². The number of hydrogen-bond acceptors (Lipinski definition) is 0. The van der Waals surface area contributed by atoms with Crippen molar-refractivity contribution in [3.63, 3.8) is 0 Å². The van der Waals surface area contributed by atoms with Crippen LogP contribution in [0.3, 0.4) is 0 Å². The Balaban J connectivity index is 2.67. The lowest BCUT2D eigenvalue weighted by atomic mass is 9.42. The van der Waals surface area contributed by atoms with E-state index in [9.17, 15) is 0 Å². The molecule has 3 unspecified atom stereocenters. The number of rotatable bonds is 6. The summed E-state index contributed by atoms with van der Waals surface area (Å²) in [4.78, 5) is 0. The van der Waals surface area contributed by atoms with Gasteiger partial charge in [-0.2, -0.15) is 0 Å². The molecule has 3 atom stereocenters. The predicted molar refractivity (Wildman–Crippen MR) is 118 cm³/mol. The van der Waals surface area contributed by atoms with E-state index in [4.69, 9.17) is 0 Å². The second kappa shape index (κ2) is 8.39. The van der Waals surface area contributed by atoms with E-state index < -0.39 is 0 Å². The average molecular weight is 348 g/mol. The molecule has 0 heterocycles. The molecule has 0 saturated heterocycles. The fraction of sp³-hybridized carbons (Fsp3) is 1.00. The highest BCUT2D eigenvalue weighted by Gasteiger charge is 2.45. The number of hydrogen-bond donors (Lipinski definition) is 0. The molecule has 0 bridgehead atoms. The molecule has 1 fully saturated rings. The SMILES string of the molecule is CC(CCCC1CCCC(CBC(C)(C)C)(C(C)(C)C)C1)C(C)(C)C. The third kappa shape index (κ3) is 7.30. The van der Waals surface area contributed by atoms with E-state index in [1.165, 1.54) is 58.5 Å². The minimum atomic E-state index is 0.440. The van der Waals surface area contributed by atoms with Crippen LogP contribution in [0, 0.1) is 28.1 Å². The molecular formula is C24H49B. The van der Waals surface area contributed by atoms with Gasteiger partial charge in [0.15, 0.2) is 0 Å². The largest absolute Gasteiger partial charge is 0.127 e. The van der Waals surface area contributed by atoms with Crippen LogP contribution in [0.4, 0.5) is 0 Å². The van der Waals surface area contributed by atoms with Crippen LogP contribution in [-0.2, 0) is 0 Å².